The number of carbonyl (C=O) groups is 1. The van der Waals surface area contributed by atoms with Gasteiger partial charge in [-0.1, -0.05) is 38.1 Å². The van der Waals surface area contributed by atoms with Crippen molar-refractivity contribution in [2.45, 2.75) is 45.7 Å². The average Bonchev–Trinajstić information content (AvgIpc) is 3.17. The minimum absolute atomic E-state index is 0.132. The normalized spacial score (nSPS) is 13.8. The number of rotatable bonds is 8. The smallest absolute Gasteiger partial charge is 0.329 e. The summed E-state index contributed by atoms with van der Waals surface area (Å²) in [6.07, 6.45) is 7.95. The van der Waals surface area contributed by atoms with Crippen LogP contribution in [0.5, 0.6) is 0 Å². The Bertz CT molecular complexity index is 1310. The molecule has 3 aromatic rings. The number of aromatic nitrogens is 3. The SMILES string of the molecule is C=C/C=c1\c(=C/N)n(Cc2cn(C)c3cccc(C)c23)c(=O)n1[C@@H](CCC)CC(=O)O. The maximum Gasteiger partial charge on any atom is 0.329 e. The van der Waals surface area contributed by atoms with E-state index in [0.717, 1.165) is 28.5 Å². The Kier molecular flexibility index (Phi) is 6.53. The summed E-state index contributed by atoms with van der Waals surface area (Å²) in [5.41, 5.74) is 8.93. The molecule has 0 saturated carbocycles. The van der Waals surface area contributed by atoms with Crippen LogP contribution in [-0.4, -0.2) is 24.8 Å². The number of carboxylic acids is 1. The summed E-state index contributed by atoms with van der Waals surface area (Å²) >= 11 is 0. The van der Waals surface area contributed by atoms with Crippen LogP contribution in [0.15, 0.2) is 41.8 Å². The van der Waals surface area contributed by atoms with Gasteiger partial charge in [0.1, 0.15) is 0 Å². The highest BCUT2D eigenvalue weighted by molar-refractivity contribution is 5.87. The number of imidazole rings is 1. The number of carboxylic acid groups (broad SMARTS) is 1. The number of nitrogens with zero attached hydrogens (tertiary/aromatic N) is 3. The van der Waals surface area contributed by atoms with Gasteiger partial charge >= 0.3 is 11.7 Å². The Morgan fingerprint density at radius 1 is 1.32 bits per heavy atom. The predicted molar refractivity (Wildman–Crippen MR) is 124 cm³/mol. The highest BCUT2D eigenvalue weighted by Gasteiger charge is 2.21. The van der Waals surface area contributed by atoms with Gasteiger partial charge in [-0.15, -0.1) is 0 Å². The van der Waals surface area contributed by atoms with Crippen LogP contribution in [0.4, 0.5) is 0 Å². The van der Waals surface area contributed by atoms with Crippen LogP contribution >= 0.6 is 0 Å². The van der Waals surface area contributed by atoms with Crippen molar-refractivity contribution in [3.63, 3.8) is 0 Å². The lowest BCUT2D eigenvalue weighted by molar-refractivity contribution is -0.138. The monoisotopic (exact) mass is 422 g/mol. The number of aryl methyl sites for hydroxylation is 2. The molecule has 0 bridgehead atoms. The molecule has 3 rings (SSSR count). The molecular weight excluding hydrogens is 392 g/mol. The van der Waals surface area contributed by atoms with Crippen LogP contribution in [0, 0.1) is 6.92 Å². The quantitative estimate of drug-likeness (QED) is 0.580. The molecule has 164 valence electrons. The van der Waals surface area contributed by atoms with Gasteiger partial charge in [-0.2, -0.15) is 0 Å². The van der Waals surface area contributed by atoms with Crippen molar-refractivity contribution in [2.75, 3.05) is 0 Å². The minimum atomic E-state index is -0.939. The first-order valence-electron chi connectivity index (χ1n) is 10.4. The zero-order valence-corrected chi connectivity index (χ0v) is 18.3. The Hall–Kier alpha value is -3.48. The molecule has 3 N–H and O–H groups in total. The summed E-state index contributed by atoms with van der Waals surface area (Å²) in [6.45, 7) is 8.12. The highest BCUT2D eigenvalue weighted by Crippen LogP contribution is 2.24. The third kappa shape index (κ3) is 4.08. The van der Waals surface area contributed by atoms with Crippen molar-refractivity contribution in [2.24, 2.45) is 12.8 Å². The molecule has 1 atom stereocenters. The molecule has 1 aromatic carbocycles. The van der Waals surface area contributed by atoms with Gasteiger partial charge in [-0.25, -0.2) is 4.79 Å². The molecule has 2 aromatic heterocycles. The second kappa shape index (κ2) is 9.12. The zero-order chi connectivity index (χ0) is 22.7. The summed E-state index contributed by atoms with van der Waals surface area (Å²) in [4.78, 5) is 25.1. The van der Waals surface area contributed by atoms with Crippen molar-refractivity contribution in [1.29, 1.82) is 0 Å². The van der Waals surface area contributed by atoms with Gasteiger partial charge in [0.05, 0.1) is 23.7 Å². The Morgan fingerprint density at radius 2 is 2.06 bits per heavy atom. The van der Waals surface area contributed by atoms with E-state index in [4.69, 9.17) is 5.73 Å². The Morgan fingerprint density at radius 3 is 2.68 bits per heavy atom. The molecule has 2 heterocycles. The molecule has 0 spiro atoms. The highest BCUT2D eigenvalue weighted by atomic mass is 16.4. The second-order valence-corrected chi connectivity index (χ2v) is 7.85. The molecule has 0 aliphatic carbocycles. The first kappa shape index (κ1) is 22.2. The van der Waals surface area contributed by atoms with Crippen LogP contribution in [0.3, 0.4) is 0 Å². The largest absolute Gasteiger partial charge is 0.481 e. The van der Waals surface area contributed by atoms with E-state index in [1.807, 2.05) is 30.8 Å². The molecule has 0 amide bonds. The molecule has 0 radical (unpaired) electrons. The number of fused-ring (bicyclic) bond motifs is 1. The lowest BCUT2D eigenvalue weighted by atomic mass is 10.1. The fourth-order valence-corrected chi connectivity index (χ4v) is 4.44. The Balaban J connectivity index is 2.28. The molecule has 0 aliphatic heterocycles. The lowest BCUT2D eigenvalue weighted by Crippen LogP contribution is -2.36. The van der Waals surface area contributed by atoms with E-state index in [1.165, 1.54) is 6.20 Å². The maximum absolute atomic E-state index is 13.6. The number of hydrogen-bond donors (Lipinski definition) is 2. The van der Waals surface area contributed by atoms with Crippen LogP contribution in [0.25, 0.3) is 23.2 Å². The van der Waals surface area contributed by atoms with Gasteiger partial charge in [-0.3, -0.25) is 13.9 Å². The average molecular weight is 423 g/mol. The van der Waals surface area contributed by atoms with Gasteiger partial charge in [0, 0.05) is 36.4 Å². The number of allylic oxidation sites excluding steroid dienone is 1. The first-order chi connectivity index (χ1) is 14.8. The summed E-state index contributed by atoms with van der Waals surface area (Å²) in [6, 6.07) is 5.66. The summed E-state index contributed by atoms with van der Waals surface area (Å²) in [5, 5.41) is 11.7. The summed E-state index contributed by atoms with van der Waals surface area (Å²) in [5.74, 6) is -0.939. The minimum Gasteiger partial charge on any atom is -0.481 e. The molecule has 0 aliphatic rings. The summed E-state index contributed by atoms with van der Waals surface area (Å²) < 4.78 is 5.24. The van der Waals surface area contributed by atoms with Crippen molar-refractivity contribution in [3.8, 4) is 0 Å². The van der Waals surface area contributed by atoms with Crippen LogP contribution in [0.2, 0.25) is 0 Å². The molecular formula is C24H30N4O3. The van der Waals surface area contributed by atoms with E-state index in [1.54, 1.807) is 21.3 Å². The number of benzene rings is 1. The lowest BCUT2D eigenvalue weighted by Gasteiger charge is -2.15. The van der Waals surface area contributed by atoms with Crippen LogP contribution in [0.1, 0.15) is 43.4 Å². The molecule has 7 nitrogen and oxygen atoms in total. The van der Waals surface area contributed by atoms with Crippen LogP contribution < -0.4 is 22.1 Å². The van der Waals surface area contributed by atoms with Gasteiger partial charge in [0.25, 0.3) is 0 Å². The van der Waals surface area contributed by atoms with E-state index in [9.17, 15) is 14.7 Å². The van der Waals surface area contributed by atoms with E-state index in [-0.39, 0.29) is 12.1 Å². The van der Waals surface area contributed by atoms with Crippen LogP contribution in [-0.2, 0) is 18.4 Å². The fourth-order valence-electron chi connectivity index (χ4n) is 4.44. The van der Waals surface area contributed by atoms with E-state index in [0.29, 0.717) is 23.7 Å². The molecule has 31 heavy (non-hydrogen) atoms. The standard InChI is InChI=1S/C24H30N4O3/c1-5-8-18(12-22(29)30)28-19(9-6-2)21(13-25)27(24(28)31)15-17-14-26(4)20-11-7-10-16(3)23(17)20/h6-7,9-11,13-14,18H,2,5,8,12,15,25H2,1,3-4H3,(H,29,30)/b19-9+,21-13+/t18-/m0/s1. The van der Waals surface area contributed by atoms with Gasteiger partial charge < -0.3 is 15.4 Å². The third-order valence-corrected chi connectivity index (χ3v) is 5.71. The molecule has 7 heteroatoms. The van der Waals surface area contributed by atoms with Gasteiger partial charge in [0.15, 0.2) is 0 Å². The van der Waals surface area contributed by atoms with E-state index >= 15 is 0 Å². The number of hydrogen-bond acceptors (Lipinski definition) is 3. The third-order valence-electron chi connectivity index (χ3n) is 5.71. The van der Waals surface area contributed by atoms with Crippen molar-refractivity contribution in [1.82, 2.24) is 13.7 Å². The van der Waals surface area contributed by atoms with Crippen molar-refractivity contribution in [3.05, 3.63) is 69.4 Å². The van der Waals surface area contributed by atoms with Crippen molar-refractivity contribution >= 4 is 29.1 Å². The fraction of sp³-hybridized carbons (Fsp3) is 0.333. The number of aliphatic carboxylic acids is 1. The van der Waals surface area contributed by atoms with Gasteiger partial charge in [-0.05, 0) is 36.6 Å². The van der Waals surface area contributed by atoms with Crippen molar-refractivity contribution < 1.29 is 9.90 Å². The molecule has 0 fully saturated rings. The predicted octanol–water partition coefficient (Wildman–Crippen LogP) is 1.98. The van der Waals surface area contributed by atoms with E-state index < -0.39 is 12.0 Å². The van der Waals surface area contributed by atoms with E-state index in [2.05, 4.69) is 25.6 Å². The Labute approximate surface area is 181 Å². The summed E-state index contributed by atoms with van der Waals surface area (Å²) in [7, 11) is 1.98. The number of nitrogens with two attached hydrogens (primary N) is 1. The second-order valence-electron chi connectivity index (χ2n) is 7.85. The first-order valence-corrected chi connectivity index (χ1v) is 10.4. The molecule has 0 unspecified atom stereocenters. The molecule has 0 saturated heterocycles. The maximum atomic E-state index is 13.6. The zero-order valence-electron chi connectivity index (χ0n) is 18.3. The topological polar surface area (TPSA) is 95.2 Å². The van der Waals surface area contributed by atoms with Gasteiger partial charge in [0.2, 0.25) is 0 Å².